The van der Waals surface area contributed by atoms with Gasteiger partial charge in [0.2, 0.25) is 5.79 Å². The zero-order chi connectivity index (χ0) is 26.0. The second-order valence-corrected chi connectivity index (χ2v) is 10.6. The summed E-state index contributed by atoms with van der Waals surface area (Å²) in [4.78, 5) is 26.9. The minimum Gasteiger partial charge on any atom is -0.456 e. The smallest absolute Gasteiger partial charge is 0.340 e. The van der Waals surface area contributed by atoms with Crippen LogP contribution in [0.15, 0.2) is 11.3 Å². The van der Waals surface area contributed by atoms with Crippen molar-refractivity contribution in [3.63, 3.8) is 0 Å². The molecule has 10 heteroatoms. The van der Waals surface area contributed by atoms with Gasteiger partial charge in [0.05, 0.1) is 23.4 Å². The van der Waals surface area contributed by atoms with E-state index in [2.05, 4.69) is 14.4 Å². The highest BCUT2D eigenvalue weighted by atomic mass is 31.0. The topological polar surface area (TPSA) is 92.8 Å². The Morgan fingerprint density at radius 3 is 2.44 bits per heavy atom. The van der Waals surface area contributed by atoms with Crippen molar-refractivity contribution in [2.45, 2.75) is 103 Å². The van der Waals surface area contributed by atoms with Crippen molar-refractivity contribution in [3.8, 4) is 0 Å². The summed E-state index contributed by atoms with van der Waals surface area (Å²) in [6, 6.07) is 0.0459. The molecular formula is C24H42NO8P. The number of nitrogens with zero attached hydrogens (tertiary/aromatic N) is 1. The lowest BCUT2D eigenvalue weighted by Gasteiger charge is -2.47. The Kier molecular flexibility index (Phi) is 9.70. The maximum Gasteiger partial charge on any atom is 0.340 e. The summed E-state index contributed by atoms with van der Waals surface area (Å²) in [5.74, 6) is -1.67. The van der Waals surface area contributed by atoms with Gasteiger partial charge < -0.3 is 33.1 Å². The third-order valence-electron chi connectivity index (χ3n) is 6.59. The summed E-state index contributed by atoms with van der Waals surface area (Å²) < 4.78 is 35.9. The Hall–Kier alpha value is -1.09. The second-order valence-electron chi connectivity index (χ2n) is 10.3. The summed E-state index contributed by atoms with van der Waals surface area (Å²) in [7, 11) is 7.84. The van der Waals surface area contributed by atoms with Crippen molar-refractivity contribution < 1.29 is 37.8 Å². The SMILES string of the molecule is CO[C@](C)(CC(C)=O)[C@H](O[C@@H]1O[C@H](C)CC(N(C)C)C1OP)[C@@H](C)C1=C(C)C(=O)OC(C)(C)O1. The molecule has 34 heavy (non-hydrogen) atoms. The normalized spacial score (nSPS) is 30.9. The first-order valence-corrected chi connectivity index (χ1v) is 12.1. The van der Waals surface area contributed by atoms with Crippen LogP contribution in [0.25, 0.3) is 0 Å². The quantitative estimate of drug-likeness (QED) is 0.329. The maximum absolute atomic E-state index is 12.6. The van der Waals surface area contributed by atoms with Crippen molar-refractivity contribution in [3.05, 3.63) is 11.3 Å². The Morgan fingerprint density at radius 2 is 1.94 bits per heavy atom. The van der Waals surface area contributed by atoms with Crippen LogP contribution < -0.4 is 0 Å². The number of ether oxygens (including phenoxy) is 5. The fourth-order valence-electron chi connectivity index (χ4n) is 4.84. The van der Waals surface area contributed by atoms with Crippen molar-refractivity contribution in [2.24, 2.45) is 5.92 Å². The van der Waals surface area contributed by atoms with E-state index >= 15 is 0 Å². The Labute approximate surface area is 206 Å². The van der Waals surface area contributed by atoms with Gasteiger partial charge in [-0.1, -0.05) is 6.92 Å². The lowest BCUT2D eigenvalue weighted by molar-refractivity contribution is -0.291. The van der Waals surface area contributed by atoms with E-state index in [9.17, 15) is 9.59 Å². The van der Waals surface area contributed by atoms with E-state index in [1.54, 1.807) is 27.9 Å². The van der Waals surface area contributed by atoms with Crippen molar-refractivity contribution in [1.82, 2.24) is 4.90 Å². The molecule has 2 heterocycles. The first kappa shape index (κ1) is 29.1. The second kappa shape index (κ2) is 11.3. The number of hydrogen-bond donors (Lipinski definition) is 0. The van der Waals surface area contributed by atoms with E-state index in [-0.39, 0.29) is 24.3 Å². The third kappa shape index (κ3) is 6.56. The molecule has 3 unspecified atom stereocenters. The van der Waals surface area contributed by atoms with Crippen LogP contribution in [0.5, 0.6) is 0 Å². The molecule has 2 rings (SSSR count). The lowest BCUT2D eigenvalue weighted by Crippen LogP contribution is -2.58. The number of hydrogen-bond acceptors (Lipinski definition) is 9. The van der Waals surface area contributed by atoms with E-state index in [1.165, 1.54) is 6.92 Å². The molecule has 0 spiro atoms. The predicted molar refractivity (Wildman–Crippen MR) is 130 cm³/mol. The molecule has 1 saturated heterocycles. The van der Waals surface area contributed by atoms with Gasteiger partial charge in [-0.25, -0.2) is 4.79 Å². The zero-order valence-corrected chi connectivity index (χ0v) is 23.3. The lowest BCUT2D eigenvalue weighted by atomic mass is 9.82. The first-order valence-electron chi connectivity index (χ1n) is 11.7. The number of Topliss-reactive ketones (excluding diaryl/α,β-unsaturated/α-hetero) is 1. The molecule has 0 radical (unpaired) electrons. The zero-order valence-electron chi connectivity index (χ0n) is 22.2. The number of cyclic esters (lactones) is 1. The van der Waals surface area contributed by atoms with Gasteiger partial charge in [0, 0.05) is 48.8 Å². The van der Waals surface area contributed by atoms with Crippen molar-refractivity contribution in [1.29, 1.82) is 0 Å². The molecule has 2 aliphatic rings. The highest BCUT2D eigenvalue weighted by Crippen LogP contribution is 2.40. The monoisotopic (exact) mass is 503 g/mol. The minimum absolute atomic E-state index is 0.0459. The highest BCUT2D eigenvalue weighted by molar-refractivity contribution is 7.09. The fraction of sp³-hybridized carbons (Fsp3) is 0.833. The molecule has 1 fully saturated rings. The number of likely N-dealkylation sites (N-methyl/N-ethyl adjacent to an activating group) is 1. The Morgan fingerprint density at radius 1 is 1.32 bits per heavy atom. The van der Waals surface area contributed by atoms with E-state index in [1.807, 2.05) is 34.9 Å². The highest BCUT2D eigenvalue weighted by Gasteiger charge is 2.49. The van der Waals surface area contributed by atoms with Gasteiger partial charge in [0.1, 0.15) is 17.6 Å². The van der Waals surface area contributed by atoms with Gasteiger partial charge >= 0.3 is 5.97 Å². The van der Waals surface area contributed by atoms with Crippen LogP contribution in [-0.2, 0) is 37.8 Å². The standard InChI is InChI=1S/C24H42NO8P/c1-13(26)12-24(7,28-10)20(15(3)18-16(4)21(27)32-23(5,6)31-18)30-22-19(33-34)17(25(8)9)11-14(2)29-22/h14-15,17,19-20,22H,11-12,34H2,1-10H3/t14-,15+,17?,19?,20-,22+,24-/m1/s1. The molecule has 8 atom stereocenters. The van der Waals surface area contributed by atoms with Gasteiger partial charge in [-0.15, -0.1) is 0 Å². The van der Waals surface area contributed by atoms with E-state index in [0.29, 0.717) is 11.3 Å². The number of rotatable bonds is 10. The Balaban J connectivity index is 2.53. The van der Waals surface area contributed by atoms with Gasteiger partial charge in [-0.2, -0.15) is 0 Å². The molecule has 0 aliphatic carbocycles. The first-order chi connectivity index (χ1) is 15.7. The third-order valence-corrected chi connectivity index (χ3v) is 6.91. The fourth-order valence-corrected chi connectivity index (χ4v) is 5.15. The number of carbonyl (C=O) groups is 2. The summed E-state index contributed by atoms with van der Waals surface area (Å²) >= 11 is 0. The molecule has 196 valence electrons. The van der Waals surface area contributed by atoms with Gasteiger partial charge in [0.15, 0.2) is 6.29 Å². The summed E-state index contributed by atoms with van der Waals surface area (Å²) in [6.07, 6.45) is -1.07. The molecule has 0 N–H and O–H groups in total. The van der Waals surface area contributed by atoms with E-state index in [0.717, 1.165) is 6.42 Å². The predicted octanol–water partition coefficient (Wildman–Crippen LogP) is 3.22. The molecule has 0 amide bonds. The van der Waals surface area contributed by atoms with Gasteiger partial charge in [-0.05, 0) is 48.2 Å². The summed E-state index contributed by atoms with van der Waals surface area (Å²) in [6.45, 7) is 12.2. The number of esters is 1. The molecule has 2 aliphatic heterocycles. The van der Waals surface area contributed by atoms with Crippen LogP contribution >= 0.6 is 9.47 Å². The largest absolute Gasteiger partial charge is 0.456 e. The van der Waals surface area contributed by atoms with Crippen molar-refractivity contribution in [2.75, 3.05) is 21.2 Å². The van der Waals surface area contributed by atoms with Crippen LogP contribution in [0.3, 0.4) is 0 Å². The summed E-state index contributed by atoms with van der Waals surface area (Å²) in [5, 5.41) is 0. The van der Waals surface area contributed by atoms with Crippen LogP contribution in [0.2, 0.25) is 0 Å². The van der Waals surface area contributed by atoms with Crippen LogP contribution in [0.1, 0.15) is 61.3 Å². The molecule has 0 saturated carbocycles. The molecule has 0 bridgehead atoms. The number of ketones is 1. The molecule has 0 aromatic rings. The maximum atomic E-state index is 12.6. The molecular weight excluding hydrogens is 461 g/mol. The van der Waals surface area contributed by atoms with E-state index in [4.69, 9.17) is 28.2 Å². The van der Waals surface area contributed by atoms with Crippen LogP contribution in [-0.4, -0.2) is 79.9 Å². The van der Waals surface area contributed by atoms with Crippen LogP contribution in [0, 0.1) is 5.92 Å². The van der Waals surface area contributed by atoms with E-state index < -0.39 is 41.8 Å². The van der Waals surface area contributed by atoms with Gasteiger partial charge in [0.25, 0.3) is 0 Å². The minimum atomic E-state index is -1.13. The molecule has 0 aromatic carbocycles. The molecule has 0 aromatic heterocycles. The Bertz CT molecular complexity index is 785. The van der Waals surface area contributed by atoms with Crippen molar-refractivity contribution >= 4 is 21.2 Å². The average Bonchev–Trinajstić information content (AvgIpc) is 2.72. The number of carbonyl (C=O) groups excluding carboxylic acids is 2. The average molecular weight is 504 g/mol. The number of methoxy groups -OCH3 is 1. The van der Waals surface area contributed by atoms with Crippen LogP contribution in [0.4, 0.5) is 0 Å². The summed E-state index contributed by atoms with van der Waals surface area (Å²) in [5.41, 5.74) is -0.680. The van der Waals surface area contributed by atoms with Gasteiger partial charge in [-0.3, -0.25) is 4.79 Å². The molecule has 9 nitrogen and oxygen atoms in total.